The standard InChI is InChI=1S/C14H24N2O/c1-6-16(10(2)3)12-8-7-9-13(17-5)14(12)11(4)15/h7-11H,6,15H2,1-5H3. The van der Waals surface area contributed by atoms with Crippen molar-refractivity contribution in [3.8, 4) is 5.75 Å². The Balaban J connectivity index is 3.31. The summed E-state index contributed by atoms with van der Waals surface area (Å²) < 4.78 is 5.42. The maximum absolute atomic E-state index is 6.08. The molecule has 1 aromatic carbocycles. The second-order valence-corrected chi connectivity index (χ2v) is 4.56. The third-order valence-corrected chi connectivity index (χ3v) is 2.99. The molecule has 1 rings (SSSR count). The minimum absolute atomic E-state index is 0.0334. The number of nitrogens with two attached hydrogens (primary N) is 1. The van der Waals surface area contributed by atoms with Crippen molar-refractivity contribution < 1.29 is 4.74 Å². The summed E-state index contributed by atoms with van der Waals surface area (Å²) in [6.45, 7) is 9.49. The monoisotopic (exact) mass is 236 g/mol. The van der Waals surface area contributed by atoms with Crippen molar-refractivity contribution in [1.29, 1.82) is 0 Å². The van der Waals surface area contributed by atoms with Gasteiger partial charge in [0.1, 0.15) is 5.75 Å². The minimum atomic E-state index is -0.0334. The van der Waals surface area contributed by atoms with E-state index in [0.29, 0.717) is 6.04 Å². The molecule has 2 N–H and O–H groups in total. The maximum atomic E-state index is 6.08. The predicted molar refractivity (Wildman–Crippen MR) is 73.8 cm³/mol. The molecule has 0 aromatic heterocycles. The van der Waals surface area contributed by atoms with E-state index in [0.717, 1.165) is 17.9 Å². The van der Waals surface area contributed by atoms with Gasteiger partial charge in [0, 0.05) is 29.9 Å². The molecule has 3 nitrogen and oxygen atoms in total. The van der Waals surface area contributed by atoms with Gasteiger partial charge in [-0.1, -0.05) is 6.07 Å². The van der Waals surface area contributed by atoms with Gasteiger partial charge >= 0.3 is 0 Å². The molecule has 0 fully saturated rings. The molecule has 0 spiro atoms. The number of benzene rings is 1. The molecule has 1 atom stereocenters. The molecule has 0 amide bonds. The Bertz CT molecular complexity index is 361. The van der Waals surface area contributed by atoms with Crippen molar-refractivity contribution in [2.75, 3.05) is 18.6 Å². The molecule has 0 bridgehead atoms. The average Bonchev–Trinajstić information content (AvgIpc) is 2.28. The SMILES string of the molecule is CCN(c1cccc(OC)c1C(C)N)C(C)C. The number of methoxy groups -OCH3 is 1. The largest absolute Gasteiger partial charge is 0.496 e. The lowest BCUT2D eigenvalue weighted by molar-refractivity contribution is 0.406. The van der Waals surface area contributed by atoms with E-state index < -0.39 is 0 Å². The molecule has 1 aromatic rings. The highest BCUT2D eigenvalue weighted by Gasteiger charge is 2.18. The molecule has 17 heavy (non-hydrogen) atoms. The summed E-state index contributed by atoms with van der Waals surface area (Å²) in [6.07, 6.45) is 0. The van der Waals surface area contributed by atoms with Crippen LogP contribution >= 0.6 is 0 Å². The van der Waals surface area contributed by atoms with Crippen LogP contribution in [0.4, 0.5) is 5.69 Å². The first-order valence-corrected chi connectivity index (χ1v) is 6.22. The zero-order chi connectivity index (χ0) is 13.0. The number of rotatable bonds is 5. The minimum Gasteiger partial charge on any atom is -0.496 e. The highest BCUT2D eigenvalue weighted by Crippen LogP contribution is 2.34. The van der Waals surface area contributed by atoms with Gasteiger partial charge in [0.2, 0.25) is 0 Å². The van der Waals surface area contributed by atoms with Crippen LogP contribution in [0.3, 0.4) is 0 Å². The highest BCUT2D eigenvalue weighted by atomic mass is 16.5. The number of hydrogen-bond donors (Lipinski definition) is 1. The smallest absolute Gasteiger partial charge is 0.125 e. The topological polar surface area (TPSA) is 38.5 Å². The van der Waals surface area contributed by atoms with Crippen LogP contribution in [0.1, 0.15) is 39.3 Å². The molecule has 0 aliphatic heterocycles. The second kappa shape index (κ2) is 5.92. The highest BCUT2D eigenvalue weighted by molar-refractivity contribution is 5.61. The van der Waals surface area contributed by atoms with Crippen molar-refractivity contribution in [3.05, 3.63) is 23.8 Å². The Kier molecular flexibility index (Phi) is 4.82. The van der Waals surface area contributed by atoms with E-state index in [2.05, 4.69) is 31.7 Å². The molecular weight excluding hydrogens is 212 g/mol. The fourth-order valence-corrected chi connectivity index (χ4v) is 2.23. The first-order valence-electron chi connectivity index (χ1n) is 6.22. The van der Waals surface area contributed by atoms with Gasteiger partial charge in [-0.05, 0) is 39.8 Å². The number of nitrogens with zero attached hydrogens (tertiary/aromatic N) is 1. The number of hydrogen-bond acceptors (Lipinski definition) is 3. The van der Waals surface area contributed by atoms with E-state index in [-0.39, 0.29) is 6.04 Å². The van der Waals surface area contributed by atoms with Crippen molar-refractivity contribution >= 4 is 5.69 Å². The maximum Gasteiger partial charge on any atom is 0.125 e. The van der Waals surface area contributed by atoms with Crippen LogP contribution in [0.2, 0.25) is 0 Å². The molecule has 96 valence electrons. The fraction of sp³-hybridized carbons (Fsp3) is 0.571. The summed E-state index contributed by atoms with van der Waals surface area (Å²) in [5, 5.41) is 0. The van der Waals surface area contributed by atoms with Crippen molar-refractivity contribution in [2.24, 2.45) is 5.73 Å². The summed E-state index contributed by atoms with van der Waals surface area (Å²) >= 11 is 0. The summed E-state index contributed by atoms with van der Waals surface area (Å²) in [6, 6.07) is 6.52. The van der Waals surface area contributed by atoms with E-state index in [1.54, 1.807) is 7.11 Å². The Morgan fingerprint density at radius 3 is 2.35 bits per heavy atom. The molecule has 0 radical (unpaired) electrons. The van der Waals surface area contributed by atoms with Crippen LogP contribution in [-0.4, -0.2) is 19.7 Å². The molecule has 0 aliphatic carbocycles. The second-order valence-electron chi connectivity index (χ2n) is 4.56. The fourth-order valence-electron chi connectivity index (χ4n) is 2.23. The van der Waals surface area contributed by atoms with E-state index in [1.165, 1.54) is 5.69 Å². The van der Waals surface area contributed by atoms with Crippen LogP contribution in [0, 0.1) is 0 Å². The molecule has 3 heteroatoms. The lowest BCUT2D eigenvalue weighted by Crippen LogP contribution is -2.32. The lowest BCUT2D eigenvalue weighted by atomic mass is 10.0. The average molecular weight is 236 g/mol. The van der Waals surface area contributed by atoms with Gasteiger partial charge in [-0.2, -0.15) is 0 Å². The first kappa shape index (κ1) is 13.8. The Hall–Kier alpha value is -1.22. The Labute approximate surface area is 105 Å². The van der Waals surface area contributed by atoms with Crippen molar-refractivity contribution in [1.82, 2.24) is 0 Å². The van der Waals surface area contributed by atoms with Gasteiger partial charge in [0.25, 0.3) is 0 Å². The van der Waals surface area contributed by atoms with Gasteiger partial charge in [-0.3, -0.25) is 0 Å². The van der Waals surface area contributed by atoms with E-state index >= 15 is 0 Å². The van der Waals surface area contributed by atoms with Crippen LogP contribution in [0.15, 0.2) is 18.2 Å². The molecule has 0 saturated heterocycles. The Morgan fingerprint density at radius 2 is 1.94 bits per heavy atom. The van der Waals surface area contributed by atoms with Crippen molar-refractivity contribution in [2.45, 2.75) is 39.8 Å². The molecule has 0 aliphatic rings. The molecule has 0 saturated carbocycles. The van der Waals surface area contributed by atoms with Gasteiger partial charge in [0.05, 0.1) is 7.11 Å². The lowest BCUT2D eigenvalue weighted by Gasteiger charge is -2.31. The van der Waals surface area contributed by atoms with Gasteiger partial charge in [0.15, 0.2) is 0 Å². The summed E-state index contributed by atoms with van der Waals surface area (Å²) in [4.78, 5) is 2.33. The molecule has 0 heterocycles. The van der Waals surface area contributed by atoms with E-state index in [4.69, 9.17) is 10.5 Å². The summed E-state index contributed by atoms with van der Waals surface area (Å²) in [5.41, 5.74) is 8.34. The van der Waals surface area contributed by atoms with Crippen LogP contribution in [0.5, 0.6) is 5.75 Å². The molecular formula is C14H24N2O. The van der Waals surface area contributed by atoms with Gasteiger partial charge in [-0.15, -0.1) is 0 Å². The third kappa shape index (κ3) is 2.91. The van der Waals surface area contributed by atoms with Gasteiger partial charge in [-0.25, -0.2) is 0 Å². The predicted octanol–water partition coefficient (Wildman–Crippen LogP) is 2.95. The van der Waals surface area contributed by atoms with E-state index in [1.807, 2.05) is 19.1 Å². The zero-order valence-corrected chi connectivity index (χ0v) is 11.5. The third-order valence-electron chi connectivity index (χ3n) is 2.99. The first-order chi connectivity index (χ1) is 8.02. The molecule has 1 unspecified atom stereocenters. The summed E-state index contributed by atoms with van der Waals surface area (Å²) in [7, 11) is 1.69. The van der Waals surface area contributed by atoms with E-state index in [9.17, 15) is 0 Å². The summed E-state index contributed by atoms with van der Waals surface area (Å²) in [5.74, 6) is 0.872. The zero-order valence-electron chi connectivity index (χ0n) is 11.5. The van der Waals surface area contributed by atoms with Crippen molar-refractivity contribution in [3.63, 3.8) is 0 Å². The normalized spacial score (nSPS) is 12.6. The Morgan fingerprint density at radius 1 is 1.29 bits per heavy atom. The van der Waals surface area contributed by atoms with Crippen LogP contribution in [0.25, 0.3) is 0 Å². The van der Waals surface area contributed by atoms with Crippen LogP contribution in [-0.2, 0) is 0 Å². The van der Waals surface area contributed by atoms with Gasteiger partial charge < -0.3 is 15.4 Å². The number of ether oxygens (including phenoxy) is 1. The van der Waals surface area contributed by atoms with Crippen LogP contribution < -0.4 is 15.4 Å². The number of anilines is 1. The quantitative estimate of drug-likeness (QED) is 0.854.